The van der Waals surface area contributed by atoms with Crippen LogP contribution in [0.15, 0.2) is 36.5 Å². The van der Waals surface area contributed by atoms with Crippen molar-refractivity contribution >= 4 is 45.4 Å². The lowest BCUT2D eigenvalue weighted by atomic mass is 9.84. The van der Waals surface area contributed by atoms with E-state index in [4.69, 9.17) is 21.3 Å². The molecule has 0 radical (unpaired) electrons. The molecule has 1 atom stereocenters. The molecule has 8 nitrogen and oxygen atoms in total. The van der Waals surface area contributed by atoms with Crippen LogP contribution in [0.25, 0.3) is 33.3 Å². The van der Waals surface area contributed by atoms with Crippen molar-refractivity contribution in [1.29, 1.82) is 0 Å². The minimum Gasteiger partial charge on any atom is -0.469 e. The molecule has 172 valence electrons. The van der Waals surface area contributed by atoms with E-state index in [1.54, 1.807) is 25.4 Å². The van der Waals surface area contributed by atoms with Crippen molar-refractivity contribution in [3.63, 3.8) is 0 Å². The quantitative estimate of drug-likeness (QED) is 0.412. The lowest BCUT2D eigenvalue weighted by Gasteiger charge is -2.33. The highest BCUT2D eigenvalue weighted by Gasteiger charge is 2.33. The molecule has 0 spiro atoms. The minimum absolute atomic E-state index is 0.152. The van der Waals surface area contributed by atoms with E-state index < -0.39 is 0 Å². The third-order valence-electron chi connectivity index (χ3n) is 5.85. The normalized spacial score (nSPS) is 12.8. The number of carbonyl (C=O) groups is 2. The Bertz CT molecular complexity index is 1370. The van der Waals surface area contributed by atoms with Crippen molar-refractivity contribution in [1.82, 2.24) is 25.1 Å². The molecule has 0 unspecified atom stereocenters. The van der Waals surface area contributed by atoms with Gasteiger partial charge in [-0.25, -0.2) is 4.98 Å². The molecule has 2 aromatic carbocycles. The van der Waals surface area contributed by atoms with Gasteiger partial charge in [0.25, 0.3) is 5.91 Å². The molecule has 2 heterocycles. The van der Waals surface area contributed by atoms with Gasteiger partial charge in [-0.2, -0.15) is 5.10 Å². The van der Waals surface area contributed by atoms with Crippen LogP contribution in [0.4, 0.5) is 0 Å². The Morgan fingerprint density at radius 1 is 1.24 bits per heavy atom. The number of methoxy groups -OCH3 is 1. The number of imidazole rings is 1. The number of nitrogens with one attached hydrogen (secondary N) is 2. The number of carbonyl (C=O) groups excluding carboxylic acids is 2. The third-order valence-corrected chi connectivity index (χ3v) is 6.16. The zero-order valence-electron chi connectivity index (χ0n) is 19.2. The highest BCUT2D eigenvalue weighted by Crippen LogP contribution is 2.41. The van der Waals surface area contributed by atoms with Crippen LogP contribution >= 0.6 is 11.6 Å². The second kappa shape index (κ2) is 8.51. The number of amides is 1. The molecule has 33 heavy (non-hydrogen) atoms. The monoisotopic (exact) mass is 467 g/mol. The molecular weight excluding hydrogens is 442 g/mol. The van der Waals surface area contributed by atoms with E-state index in [-0.39, 0.29) is 29.8 Å². The van der Waals surface area contributed by atoms with E-state index in [0.29, 0.717) is 21.9 Å². The van der Waals surface area contributed by atoms with Gasteiger partial charge in [0, 0.05) is 18.0 Å². The van der Waals surface area contributed by atoms with Crippen LogP contribution < -0.4 is 5.32 Å². The van der Waals surface area contributed by atoms with Gasteiger partial charge in [0.05, 0.1) is 52.9 Å². The average Bonchev–Trinajstić information content (AvgIpc) is 3.39. The largest absolute Gasteiger partial charge is 0.469 e. The van der Waals surface area contributed by atoms with E-state index in [1.165, 1.54) is 7.11 Å². The van der Waals surface area contributed by atoms with E-state index >= 15 is 0 Å². The van der Waals surface area contributed by atoms with Gasteiger partial charge in [0.15, 0.2) is 0 Å². The van der Waals surface area contributed by atoms with E-state index in [2.05, 4.69) is 36.3 Å². The van der Waals surface area contributed by atoms with Gasteiger partial charge in [-0.05, 0) is 23.6 Å². The van der Waals surface area contributed by atoms with Crippen LogP contribution in [0, 0.1) is 5.41 Å². The first-order valence-corrected chi connectivity index (χ1v) is 11.0. The summed E-state index contributed by atoms with van der Waals surface area (Å²) in [4.78, 5) is 29.6. The molecule has 0 bridgehead atoms. The molecule has 9 heteroatoms. The number of halogens is 1. The number of benzene rings is 2. The lowest BCUT2D eigenvalue weighted by molar-refractivity contribution is -0.142. The molecule has 4 aromatic rings. The van der Waals surface area contributed by atoms with Gasteiger partial charge in [0.2, 0.25) is 0 Å². The van der Waals surface area contributed by atoms with Crippen LogP contribution in [0.2, 0.25) is 5.02 Å². The summed E-state index contributed by atoms with van der Waals surface area (Å²) >= 11 is 6.51. The first-order valence-electron chi connectivity index (χ1n) is 10.6. The first-order chi connectivity index (χ1) is 15.6. The summed E-state index contributed by atoms with van der Waals surface area (Å²) in [5.74, 6) is 0.0501. The maximum absolute atomic E-state index is 12.4. The first kappa shape index (κ1) is 22.8. The number of esters is 1. The van der Waals surface area contributed by atoms with Crippen molar-refractivity contribution in [2.45, 2.75) is 33.2 Å². The van der Waals surface area contributed by atoms with Gasteiger partial charge in [-0.15, -0.1) is 0 Å². The van der Waals surface area contributed by atoms with Crippen LogP contribution in [0.3, 0.4) is 0 Å². The maximum Gasteiger partial charge on any atom is 0.307 e. The van der Waals surface area contributed by atoms with E-state index in [1.807, 2.05) is 22.8 Å². The Balaban J connectivity index is 2.03. The van der Waals surface area contributed by atoms with Gasteiger partial charge in [0.1, 0.15) is 5.82 Å². The SMILES string of the molecule is CNC(=O)c1cc2nc(-c3ccc4cn[nH]c4c3)n([C@@H](CC(=O)OC)C(C)(C)C)c2cc1Cl. The summed E-state index contributed by atoms with van der Waals surface area (Å²) in [6.07, 6.45) is 1.91. The number of hydrogen-bond acceptors (Lipinski definition) is 5. The van der Waals surface area contributed by atoms with Crippen molar-refractivity contribution < 1.29 is 14.3 Å². The molecule has 0 aliphatic rings. The molecule has 4 rings (SSSR count). The summed E-state index contributed by atoms with van der Waals surface area (Å²) in [7, 11) is 2.94. The topological polar surface area (TPSA) is 102 Å². The summed E-state index contributed by atoms with van der Waals surface area (Å²) in [5, 5.41) is 11.0. The number of fused-ring (bicyclic) bond motifs is 2. The number of rotatable bonds is 5. The minimum atomic E-state index is -0.320. The predicted molar refractivity (Wildman–Crippen MR) is 128 cm³/mol. The van der Waals surface area contributed by atoms with Crippen LogP contribution in [0.5, 0.6) is 0 Å². The molecule has 2 N–H and O–H groups in total. The molecule has 0 saturated carbocycles. The Morgan fingerprint density at radius 2 is 2.00 bits per heavy atom. The number of aromatic amines is 1. The van der Waals surface area contributed by atoms with Gasteiger partial charge >= 0.3 is 5.97 Å². The summed E-state index contributed by atoms with van der Waals surface area (Å²) in [6.45, 7) is 6.19. The van der Waals surface area contributed by atoms with Gasteiger partial charge in [-0.1, -0.05) is 44.5 Å². The van der Waals surface area contributed by atoms with Crippen LogP contribution in [-0.4, -0.2) is 45.8 Å². The highest BCUT2D eigenvalue weighted by atomic mass is 35.5. The van der Waals surface area contributed by atoms with Gasteiger partial charge in [-0.3, -0.25) is 14.7 Å². The molecule has 0 saturated heterocycles. The Morgan fingerprint density at radius 3 is 2.67 bits per heavy atom. The Labute approximate surface area is 196 Å². The van der Waals surface area contributed by atoms with Crippen molar-refractivity contribution in [2.75, 3.05) is 14.2 Å². The van der Waals surface area contributed by atoms with Crippen LogP contribution in [0.1, 0.15) is 43.6 Å². The fourth-order valence-corrected chi connectivity index (χ4v) is 4.29. The van der Waals surface area contributed by atoms with Crippen molar-refractivity contribution in [2.24, 2.45) is 5.41 Å². The molecule has 0 fully saturated rings. The maximum atomic E-state index is 12.4. The summed E-state index contributed by atoms with van der Waals surface area (Å²) < 4.78 is 7.03. The fourth-order valence-electron chi connectivity index (χ4n) is 4.05. The Hall–Kier alpha value is -3.39. The van der Waals surface area contributed by atoms with Crippen molar-refractivity contribution in [3.05, 3.63) is 47.1 Å². The molecule has 2 aromatic heterocycles. The zero-order chi connectivity index (χ0) is 23.9. The lowest BCUT2D eigenvalue weighted by Crippen LogP contribution is -2.28. The molecule has 1 amide bonds. The second-order valence-electron chi connectivity index (χ2n) is 9.04. The molecular formula is C24H26ClN5O3. The number of aromatic nitrogens is 4. The summed E-state index contributed by atoms with van der Waals surface area (Å²) in [5.41, 5.74) is 3.08. The number of nitrogens with zero attached hydrogens (tertiary/aromatic N) is 3. The number of hydrogen-bond donors (Lipinski definition) is 2. The average molecular weight is 468 g/mol. The summed E-state index contributed by atoms with van der Waals surface area (Å²) in [6, 6.07) is 9.04. The van der Waals surface area contributed by atoms with Gasteiger partial charge < -0.3 is 14.6 Å². The zero-order valence-corrected chi connectivity index (χ0v) is 19.9. The molecule has 0 aliphatic carbocycles. The van der Waals surface area contributed by atoms with E-state index in [9.17, 15) is 9.59 Å². The molecule has 0 aliphatic heterocycles. The van der Waals surface area contributed by atoms with Crippen LogP contribution in [-0.2, 0) is 9.53 Å². The number of ether oxygens (including phenoxy) is 1. The second-order valence-corrected chi connectivity index (χ2v) is 9.45. The Kier molecular flexibility index (Phi) is 5.88. The standard InChI is InChI=1S/C24H26ClN5O3/c1-24(2,3)20(11-21(31)33-5)30-19-10-16(25)15(23(32)26-4)9-18(19)28-22(30)13-6-7-14-12-27-29-17(14)8-13/h6-10,12,20H,11H2,1-5H3,(H,26,32)(H,27,29)/t20-/m0/s1. The third kappa shape index (κ3) is 4.18. The van der Waals surface area contributed by atoms with Crippen molar-refractivity contribution in [3.8, 4) is 11.4 Å². The smallest absolute Gasteiger partial charge is 0.307 e. The number of H-pyrrole nitrogens is 1. The highest BCUT2D eigenvalue weighted by molar-refractivity contribution is 6.34. The van der Waals surface area contributed by atoms with E-state index in [0.717, 1.165) is 22.0 Å². The predicted octanol–water partition coefficient (Wildman–Crippen LogP) is 4.74. The fraction of sp³-hybridized carbons (Fsp3) is 0.333.